The topological polar surface area (TPSA) is 71.1 Å². The summed E-state index contributed by atoms with van der Waals surface area (Å²) in [5.41, 5.74) is -0.400. The van der Waals surface area contributed by atoms with E-state index in [4.69, 9.17) is 23.2 Å². The van der Waals surface area contributed by atoms with E-state index in [1.807, 2.05) is 0 Å². The first-order valence-electron chi connectivity index (χ1n) is 5.60. The molecule has 0 unspecified atom stereocenters. The van der Waals surface area contributed by atoms with Gasteiger partial charge in [0.25, 0.3) is 5.91 Å². The maximum Gasteiger partial charge on any atom is 0.251 e. The standard InChI is InChI=1S/C12H15Cl2N3O2/c1-12(2,11(19)15-3)6-16-10(18)7-4-8(13)17-9(14)5-7/h4-5H,6H2,1-3H3,(H,15,19)(H,16,18). The fourth-order valence-electron chi connectivity index (χ4n) is 1.42. The first-order valence-corrected chi connectivity index (χ1v) is 6.35. The number of rotatable bonds is 4. The van der Waals surface area contributed by atoms with Crippen molar-refractivity contribution in [3.63, 3.8) is 0 Å². The molecule has 1 rings (SSSR count). The van der Waals surface area contributed by atoms with E-state index in [2.05, 4.69) is 15.6 Å². The van der Waals surface area contributed by atoms with Crippen LogP contribution in [0.3, 0.4) is 0 Å². The molecule has 1 heterocycles. The molecule has 0 radical (unpaired) electrons. The Bertz CT molecular complexity index is 483. The molecule has 104 valence electrons. The van der Waals surface area contributed by atoms with E-state index in [1.54, 1.807) is 20.9 Å². The molecule has 5 nitrogen and oxygen atoms in total. The van der Waals surface area contributed by atoms with Crippen molar-refractivity contribution >= 4 is 35.0 Å². The highest BCUT2D eigenvalue weighted by atomic mass is 35.5. The molecule has 19 heavy (non-hydrogen) atoms. The molecule has 1 aromatic rings. The Hall–Kier alpha value is -1.33. The molecule has 0 aliphatic heterocycles. The van der Waals surface area contributed by atoms with E-state index < -0.39 is 5.41 Å². The largest absolute Gasteiger partial charge is 0.359 e. The highest BCUT2D eigenvalue weighted by Gasteiger charge is 2.27. The van der Waals surface area contributed by atoms with Gasteiger partial charge in [-0.15, -0.1) is 0 Å². The lowest BCUT2D eigenvalue weighted by Gasteiger charge is -2.22. The minimum Gasteiger partial charge on any atom is -0.359 e. The maximum absolute atomic E-state index is 11.9. The summed E-state index contributed by atoms with van der Waals surface area (Å²) in [5, 5.41) is 5.49. The molecule has 0 saturated heterocycles. The van der Waals surface area contributed by atoms with Crippen molar-refractivity contribution in [2.24, 2.45) is 5.41 Å². The van der Waals surface area contributed by atoms with Crippen molar-refractivity contribution in [3.8, 4) is 0 Å². The quantitative estimate of drug-likeness (QED) is 0.835. The third-order valence-corrected chi connectivity index (χ3v) is 2.94. The number of nitrogens with one attached hydrogen (secondary N) is 2. The number of carbonyl (C=O) groups excluding carboxylic acids is 2. The van der Waals surface area contributed by atoms with E-state index in [0.29, 0.717) is 5.56 Å². The van der Waals surface area contributed by atoms with Gasteiger partial charge >= 0.3 is 0 Å². The molecule has 0 aromatic carbocycles. The third-order valence-electron chi connectivity index (χ3n) is 2.56. The Kier molecular flexibility index (Phi) is 5.14. The van der Waals surface area contributed by atoms with Crippen LogP contribution in [0.5, 0.6) is 0 Å². The smallest absolute Gasteiger partial charge is 0.251 e. The average Bonchev–Trinajstić information content (AvgIpc) is 2.33. The van der Waals surface area contributed by atoms with Crippen molar-refractivity contribution in [1.29, 1.82) is 0 Å². The molecule has 0 fully saturated rings. The molecule has 0 aliphatic rings. The van der Waals surface area contributed by atoms with Gasteiger partial charge < -0.3 is 10.6 Å². The minimum atomic E-state index is -0.703. The molecule has 0 saturated carbocycles. The fourth-order valence-corrected chi connectivity index (χ4v) is 1.88. The van der Waals surface area contributed by atoms with Gasteiger partial charge in [0.05, 0.1) is 5.41 Å². The molecule has 0 aliphatic carbocycles. The van der Waals surface area contributed by atoms with E-state index in [1.165, 1.54) is 12.1 Å². The summed E-state index contributed by atoms with van der Waals surface area (Å²) in [4.78, 5) is 27.2. The molecule has 2 amide bonds. The second-order valence-electron chi connectivity index (χ2n) is 4.65. The number of amides is 2. The fraction of sp³-hybridized carbons (Fsp3) is 0.417. The zero-order valence-electron chi connectivity index (χ0n) is 10.9. The number of hydrogen-bond donors (Lipinski definition) is 2. The maximum atomic E-state index is 11.9. The predicted molar refractivity (Wildman–Crippen MR) is 74.4 cm³/mol. The Morgan fingerprint density at radius 2 is 1.79 bits per heavy atom. The summed E-state index contributed by atoms with van der Waals surface area (Å²) >= 11 is 11.4. The van der Waals surface area contributed by atoms with Crippen LogP contribution < -0.4 is 10.6 Å². The molecule has 2 N–H and O–H groups in total. The van der Waals surface area contributed by atoms with Gasteiger partial charge in [-0.05, 0) is 26.0 Å². The van der Waals surface area contributed by atoms with Crippen LogP contribution in [-0.4, -0.2) is 30.4 Å². The van der Waals surface area contributed by atoms with Crippen LogP contribution >= 0.6 is 23.2 Å². The van der Waals surface area contributed by atoms with Crippen LogP contribution in [-0.2, 0) is 4.79 Å². The van der Waals surface area contributed by atoms with Gasteiger partial charge in [-0.25, -0.2) is 4.98 Å². The summed E-state index contributed by atoms with van der Waals surface area (Å²) in [6, 6.07) is 2.82. The van der Waals surface area contributed by atoms with Gasteiger partial charge in [-0.2, -0.15) is 0 Å². The summed E-state index contributed by atoms with van der Waals surface area (Å²) in [7, 11) is 1.55. The number of pyridine rings is 1. The number of carbonyl (C=O) groups is 2. The second-order valence-corrected chi connectivity index (χ2v) is 5.42. The zero-order chi connectivity index (χ0) is 14.6. The molecular weight excluding hydrogens is 289 g/mol. The molecule has 1 aromatic heterocycles. The summed E-state index contributed by atoms with van der Waals surface area (Å²) in [5.74, 6) is -0.512. The van der Waals surface area contributed by atoms with Gasteiger partial charge in [0.1, 0.15) is 10.3 Å². The molecular formula is C12H15Cl2N3O2. The second kappa shape index (κ2) is 6.21. The molecule has 0 bridgehead atoms. The van der Waals surface area contributed by atoms with Crippen LogP contribution in [0.4, 0.5) is 0 Å². The lowest BCUT2D eigenvalue weighted by atomic mass is 9.92. The lowest BCUT2D eigenvalue weighted by molar-refractivity contribution is -0.128. The van der Waals surface area contributed by atoms with Crippen molar-refractivity contribution in [2.45, 2.75) is 13.8 Å². The van der Waals surface area contributed by atoms with Crippen LogP contribution in [0.1, 0.15) is 24.2 Å². The Morgan fingerprint density at radius 3 is 2.26 bits per heavy atom. The van der Waals surface area contributed by atoms with Gasteiger partial charge in [0.15, 0.2) is 0 Å². The molecule has 0 atom stereocenters. The van der Waals surface area contributed by atoms with Crippen LogP contribution in [0.15, 0.2) is 12.1 Å². The van der Waals surface area contributed by atoms with Gasteiger partial charge in [0, 0.05) is 19.2 Å². The van der Waals surface area contributed by atoms with Crippen molar-refractivity contribution in [2.75, 3.05) is 13.6 Å². The van der Waals surface area contributed by atoms with Gasteiger partial charge in [-0.1, -0.05) is 23.2 Å². The van der Waals surface area contributed by atoms with E-state index >= 15 is 0 Å². The van der Waals surface area contributed by atoms with Crippen molar-refractivity contribution in [1.82, 2.24) is 15.6 Å². The normalized spacial score (nSPS) is 11.0. The monoisotopic (exact) mass is 303 g/mol. The molecule has 0 spiro atoms. The third kappa shape index (κ3) is 4.36. The zero-order valence-corrected chi connectivity index (χ0v) is 12.4. The Balaban J connectivity index is 2.73. The first kappa shape index (κ1) is 15.7. The van der Waals surface area contributed by atoms with Gasteiger partial charge in [-0.3, -0.25) is 9.59 Å². The highest BCUT2D eigenvalue weighted by Crippen LogP contribution is 2.16. The van der Waals surface area contributed by atoms with Crippen molar-refractivity contribution < 1.29 is 9.59 Å². The Morgan fingerprint density at radius 1 is 1.26 bits per heavy atom. The number of aromatic nitrogens is 1. The summed E-state index contributed by atoms with van der Waals surface area (Å²) < 4.78 is 0. The lowest BCUT2D eigenvalue weighted by Crippen LogP contribution is -2.43. The van der Waals surface area contributed by atoms with E-state index in [-0.39, 0.29) is 28.7 Å². The average molecular weight is 304 g/mol. The first-order chi connectivity index (χ1) is 8.76. The molecule has 7 heteroatoms. The highest BCUT2D eigenvalue weighted by molar-refractivity contribution is 6.33. The number of hydrogen-bond acceptors (Lipinski definition) is 3. The van der Waals surface area contributed by atoms with E-state index in [0.717, 1.165) is 0 Å². The number of halogens is 2. The predicted octanol–water partition coefficient (Wildman–Crippen LogP) is 1.89. The number of nitrogens with zero attached hydrogens (tertiary/aromatic N) is 1. The SMILES string of the molecule is CNC(=O)C(C)(C)CNC(=O)c1cc(Cl)nc(Cl)c1. The summed E-state index contributed by atoms with van der Waals surface area (Å²) in [6.07, 6.45) is 0. The van der Waals surface area contributed by atoms with Crippen molar-refractivity contribution in [3.05, 3.63) is 28.0 Å². The summed E-state index contributed by atoms with van der Waals surface area (Å²) in [6.45, 7) is 3.67. The minimum absolute atomic E-state index is 0.142. The van der Waals surface area contributed by atoms with Crippen LogP contribution in [0.2, 0.25) is 10.3 Å². The van der Waals surface area contributed by atoms with Crippen LogP contribution in [0, 0.1) is 5.41 Å². The van der Waals surface area contributed by atoms with E-state index in [9.17, 15) is 9.59 Å². The van der Waals surface area contributed by atoms with Crippen LogP contribution in [0.25, 0.3) is 0 Å². The Labute approximate surface area is 121 Å². The van der Waals surface area contributed by atoms with Gasteiger partial charge in [0.2, 0.25) is 5.91 Å².